The molecule has 2 aromatic heterocycles. The van der Waals surface area contributed by atoms with Gasteiger partial charge in [-0.15, -0.1) is 0 Å². The van der Waals surface area contributed by atoms with E-state index in [0.29, 0.717) is 19.1 Å². The van der Waals surface area contributed by atoms with E-state index in [1.54, 1.807) is 6.20 Å². The monoisotopic (exact) mass is 351 g/mol. The number of hydrogen-bond donors (Lipinski definition) is 1. The number of benzene rings is 1. The molecule has 1 N–H and O–H groups in total. The first kappa shape index (κ1) is 16.4. The summed E-state index contributed by atoms with van der Waals surface area (Å²) in [5, 5.41) is 7.70. The van der Waals surface area contributed by atoms with E-state index in [1.165, 1.54) is 0 Å². The molecule has 134 valence electrons. The minimum Gasteiger partial charge on any atom is -0.486 e. The lowest BCUT2D eigenvalue weighted by molar-refractivity contribution is 0.0996. The zero-order valence-electron chi connectivity index (χ0n) is 15.1. The Kier molecular flexibility index (Phi) is 4.20. The predicted octanol–water partition coefficient (Wildman–Crippen LogP) is 2.75. The van der Waals surface area contributed by atoms with Gasteiger partial charge in [0.1, 0.15) is 12.7 Å². The summed E-state index contributed by atoms with van der Waals surface area (Å²) >= 11 is 0. The van der Waals surface area contributed by atoms with Crippen molar-refractivity contribution in [3.05, 3.63) is 47.9 Å². The highest BCUT2D eigenvalue weighted by Crippen LogP contribution is 2.31. The van der Waals surface area contributed by atoms with Crippen molar-refractivity contribution >= 4 is 5.95 Å². The van der Waals surface area contributed by atoms with E-state index in [2.05, 4.69) is 20.4 Å². The molecule has 1 atom stereocenters. The topological polar surface area (TPSA) is 74.1 Å². The fraction of sp³-hybridized carbons (Fsp3) is 0.316. The van der Waals surface area contributed by atoms with E-state index in [-0.39, 0.29) is 6.10 Å². The quantitative estimate of drug-likeness (QED) is 0.779. The molecule has 0 fully saturated rings. The van der Waals surface area contributed by atoms with Crippen LogP contribution >= 0.6 is 0 Å². The summed E-state index contributed by atoms with van der Waals surface area (Å²) in [4.78, 5) is 8.95. The standard InChI is InChI=1S/C19H21N5O2/c1-12-18(13(2)24(3)23-12)15-8-9-20-19(22-15)21-10-14-11-25-16-6-4-5-7-17(16)26-14/h4-9,14H,10-11H2,1-3H3,(H,20,21,22)/t14-/m1/s1. The first-order valence-electron chi connectivity index (χ1n) is 8.58. The summed E-state index contributed by atoms with van der Waals surface area (Å²) in [5.41, 5.74) is 3.93. The molecule has 0 unspecified atom stereocenters. The van der Waals surface area contributed by atoms with E-state index in [0.717, 1.165) is 34.1 Å². The molecule has 0 bridgehead atoms. The Hall–Kier alpha value is -3.09. The van der Waals surface area contributed by atoms with Crippen molar-refractivity contribution in [3.63, 3.8) is 0 Å². The number of aryl methyl sites for hydroxylation is 2. The number of ether oxygens (including phenoxy) is 2. The zero-order valence-corrected chi connectivity index (χ0v) is 15.1. The molecule has 3 aromatic rings. The number of aromatic nitrogens is 4. The average molecular weight is 351 g/mol. The molecule has 7 nitrogen and oxygen atoms in total. The third-order valence-corrected chi connectivity index (χ3v) is 4.48. The maximum Gasteiger partial charge on any atom is 0.223 e. The van der Waals surface area contributed by atoms with Crippen LogP contribution in [0.5, 0.6) is 11.5 Å². The lowest BCUT2D eigenvalue weighted by Gasteiger charge is -2.26. The van der Waals surface area contributed by atoms with Crippen LogP contribution in [0.4, 0.5) is 5.95 Å². The average Bonchev–Trinajstić information content (AvgIpc) is 2.92. The number of nitrogens with one attached hydrogen (secondary N) is 1. The van der Waals surface area contributed by atoms with Crippen LogP contribution < -0.4 is 14.8 Å². The molecule has 0 saturated carbocycles. The minimum atomic E-state index is -0.0981. The molecule has 0 radical (unpaired) electrons. The Bertz CT molecular complexity index is 937. The van der Waals surface area contributed by atoms with Crippen LogP contribution in [0.2, 0.25) is 0 Å². The van der Waals surface area contributed by atoms with E-state index in [1.807, 2.05) is 55.9 Å². The molecule has 4 rings (SSSR count). The summed E-state index contributed by atoms with van der Waals surface area (Å²) in [6.07, 6.45) is 1.66. The Morgan fingerprint density at radius 1 is 1.19 bits per heavy atom. The second kappa shape index (κ2) is 6.67. The Morgan fingerprint density at radius 2 is 2.00 bits per heavy atom. The van der Waals surface area contributed by atoms with Gasteiger partial charge in [-0.3, -0.25) is 4.68 Å². The van der Waals surface area contributed by atoms with Gasteiger partial charge >= 0.3 is 0 Å². The second-order valence-electron chi connectivity index (χ2n) is 6.31. The summed E-state index contributed by atoms with van der Waals surface area (Å²) < 4.78 is 13.6. The Balaban J connectivity index is 1.47. The van der Waals surface area contributed by atoms with Crippen LogP contribution in [0, 0.1) is 13.8 Å². The SMILES string of the molecule is Cc1nn(C)c(C)c1-c1ccnc(NC[C@@H]2COc3ccccc3O2)n1. The van der Waals surface area contributed by atoms with Gasteiger partial charge in [-0.25, -0.2) is 9.97 Å². The van der Waals surface area contributed by atoms with Gasteiger partial charge in [0.2, 0.25) is 5.95 Å². The number of rotatable bonds is 4. The number of hydrogen-bond acceptors (Lipinski definition) is 6. The molecule has 0 amide bonds. The van der Waals surface area contributed by atoms with Gasteiger partial charge in [-0.1, -0.05) is 12.1 Å². The summed E-state index contributed by atoms with van der Waals surface area (Å²) in [5.74, 6) is 2.11. The summed E-state index contributed by atoms with van der Waals surface area (Å²) in [7, 11) is 1.93. The van der Waals surface area contributed by atoms with Gasteiger partial charge in [0, 0.05) is 24.5 Å². The van der Waals surface area contributed by atoms with Gasteiger partial charge in [-0.2, -0.15) is 5.10 Å². The van der Waals surface area contributed by atoms with Crippen LogP contribution in [0.15, 0.2) is 36.5 Å². The van der Waals surface area contributed by atoms with Crippen molar-refractivity contribution in [2.75, 3.05) is 18.5 Å². The van der Waals surface area contributed by atoms with Crippen molar-refractivity contribution in [2.24, 2.45) is 7.05 Å². The van der Waals surface area contributed by atoms with E-state index < -0.39 is 0 Å². The zero-order chi connectivity index (χ0) is 18.1. The lowest BCUT2D eigenvalue weighted by Crippen LogP contribution is -2.35. The van der Waals surface area contributed by atoms with E-state index in [9.17, 15) is 0 Å². The van der Waals surface area contributed by atoms with Gasteiger partial charge in [-0.05, 0) is 32.0 Å². The minimum absolute atomic E-state index is 0.0981. The summed E-state index contributed by atoms with van der Waals surface area (Å²) in [6, 6.07) is 9.58. The first-order valence-corrected chi connectivity index (χ1v) is 8.58. The third-order valence-electron chi connectivity index (χ3n) is 4.48. The van der Waals surface area contributed by atoms with Crippen molar-refractivity contribution in [2.45, 2.75) is 20.0 Å². The fourth-order valence-electron chi connectivity index (χ4n) is 3.10. The van der Waals surface area contributed by atoms with Crippen LogP contribution in [-0.2, 0) is 7.05 Å². The summed E-state index contributed by atoms with van der Waals surface area (Å²) in [6.45, 7) is 5.07. The Labute approximate surface area is 152 Å². The Morgan fingerprint density at radius 3 is 2.77 bits per heavy atom. The number of nitrogens with zero attached hydrogens (tertiary/aromatic N) is 4. The van der Waals surface area contributed by atoms with Gasteiger partial charge < -0.3 is 14.8 Å². The number of fused-ring (bicyclic) bond motifs is 1. The third kappa shape index (κ3) is 3.08. The maximum atomic E-state index is 5.95. The molecule has 1 aliphatic heterocycles. The van der Waals surface area contributed by atoms with Crippen molar-refractivity contribution in [1.29, 1.82) is 0 Å². The fourth-order valence-corrected chi connectivity index (χ4v) is 3.10. The van der Waals surface area contributed by atoms with Gasteiger partial charge in [0.05, 0.1) is 17.9 Å². The molecule has 0 aliphatic carbocycles. The molecule has 1 aliphatic rings. The first-order chi connectivity index (χ1) is 12.6. The van der Waals surface area contributed by atoms with Crippen LogP contribution in [0.1, 0.15) is 11.4 Å². The molecule has 3 heterocycles. The molecule has 1 aromatic carbocycles. The molecular weight excluding hydrogens is 330 g/mol. The number of anilines is 1. The highest BCUT2D eigenvalue weighted by molar-refractivity contribution is 5.65. The second-order valence-corrected chi connectivity index (χ2v) is 6.31. The molecule has 26 heavy (non-hydrogen) atoms. The van der Waals surface area contributed by atoms with E-state index >= 15 is 0 Å². The van der Waals surface area contributed by atoms with Crippen molar-refractivity contribution < 1.29 is 9.47 Å². The highest BCUT2D eigenvalue weighted by Gasteiger charge is 2.21. The number of para-hydroxylation sites is 2. The largest absolute Gasteiger partial charge is 0.486 e. The van der Waals surface area contributed by atoms with Crippen LogP contribution in [0.25, 0.3) is 11.3 Å². The smallest absolute Gasteiger partial charge is 0.223 e. The van der Waals surface area contributed by atoms with Crippen molar-refractivity contribution in [1.82, 2.24) is 19.7 Å². The highest BCUT2D eigenvalue weighted by atomic mass is 16.6. The molecular formula is C19H21N5O2. The van der Waals surface area contributed by atoms with Crippen molar-refractivity contribution in [3.8, 4) is 22.8 Å². The predicted molar refractivity (Wildman–Crippen MR) is 98.6 cm³/mol. The molecule has 0 spiro atoms. The lowest BCUT2D eigenvalue weighted by atomic mass is 10.1. The van der Waals surface area contributed by atoms with Gasteiger partial charge in [0.15, 0.2) is 11.5 Å². The van der Waals surface area contributed by atoms with Gasteiger partial charge in [0.25, 0.3) is 0 Å². The normalized spacial score (nSPS) is 15.7. The van der Waals surface area contributed by atoms with Crippen LogP contribution in [0.3, 0.4) is 0 Å². The molecule has 7 heteroatoms. The maximum absolute atomic E-state index is 5.95. The van der Waals surface area contributed by atoms with E-state index in [4.69, 9.17) is 9.47 Å². The van der Waals surface area contributed by atoms with Crippen LogP contribution in [-0.4, -0.2) is 39.0 Å². The molecule has 0 saturated heterocycles.